The zero-order valence-electron chi connectivity index (χ0n) is 8.16. The van der Waals surface area contributed by atoms with Crippen LogP contribution in [0.15, 0.2) is 0 Å². The van der Waals surface area contributed by atoms with Crippen LogP contribution in [0.2, 0.25) is 0 Å². The van der Waals surface area contributed by atoms with Gasteiger partial charge in [-0.2, -0.15) is 0 Å². The molecule has 0 saturated heterocycles. The van der Waals surface area contributed by atoms with Gasteiger partial charge in [0.2, 0.25) is 0 Å². The number of aliphatic hydroxyl groups excluding tert-OH is 1. The van der Waals surface area contributed by atoms with Crippen LogP contribution in [0.4, 0.5) is 0 Å². The first-order valence-corrected chi connectivity index (χ1v) is 5.05. The number of hydrogen-bond donors (Lipinski definition) is 1. The summed E-state index contributed by atoms with van der Waals surface area (Å²) in [6.07, 6.45) is 5.14. The van der Waals surface area contributed by atoms with Gasteiger partial charge in [0.1, 0.15) is 6.10 Å². The predicted octanol–water partition coefficient (Wildman–Crippen LogP) is 1.49. The lowest BCUT2D eigenvalue weighted by atomic mass is 9.90. The number of carbonyl (C=O) groups excluding carboxylic acids is 1. The van der Waals surface area contributed by atoms with Crippen LogP contribution in [0.3, 0.4) is 0 Å². The maximum atomic E-state index is 10.9. The summed E-state index contributed by atoms with van der Waals surface area (Å²) in [5.74, 6) is 0.0297. The SMILES string of the molecule is CC(O)C(=O)OCC1CCCCC1. The molecule has 0 heterocycles. The molecule has 0 amide bonds. The highest BCUT2D eigenvalue weighted by Crippen LogP contribution is 2.23. The van der Waals surface area contributed by atoms with Crippen LogP contribution >= 0.6 is 0 Å². The number of rotatable bonds is 3. The molecule has 0 radical (unpaired) electrons. The Morgan fingerprint density at radius 2 is 2.08 bits per heavy atom. The van der Waals surface area contributed by atoms with Crippen LogP contribution in [0.1, 0.15) is 39.0 Å². The summed E-state index contributed by atoms with van der Waals surface area (Å²) in [6.45, 7) is 1.92. The smallest absolute Gasteiger partial charge is 0.334 e. The lowest BCUT2D eigenvalue weighted by Crippen LogP contribution is -2.23. The fourth-order valence-corrected chi connectivity index (χ4v) is 1.67. The molecule has 1 fully saturated rings. The van der Waals surface area contributed by atoms with Crippen LogP contribution < -0.4 is 0 Å². The average molecular weight is 186 g/mol. The lowest BCUT2D eigenvalue weighted by molar-refractivity contribution is -0.154. The second-order valence-corrected chi connectivity index (χ2v) is 3.81. The fourth-order valence-electron chi connectivity index (χ4n) is 1.67. The van der Waals surface area contributed by atoms with Gasteiger partial charge in [-0.15, -0.1) is 0 Å². The summed E-state index contributed by atoms with van der Waals surface area (Å²) in [7, 11) is 0. The fraction of sp³-hybridized carbons (Fsp3) is 0.900. The van der Waals surface area contributed by atoms with Gasteiger partial charge in [-0.1, -0.05) is 19.3 Å². The van der Waals surface area contributed by atoms with Gasteiger partial charge in [-0.05, 0) is 25.7 Å². The molecular formula is C10H18O3. The molecule has 0 aromatic carbocycles. The Bertz CT molecular complexity index is 160. The van der Waals surface area contributed by atoms with Gasteiger partial charge in [-0.3, -0.25) is 0 Å². The minimum absolute atomic E-state index is 0.490. The molecule has 1 saturated carbocycles. The van der Waals surface area contributed by atoms with Crippen LogP contribution in [-0.2, 0) is 9.53 Å². The number of ether oxygens (including phenoxy) is 1. The minimum Gasteiger partial charge on any atom is -0.463 e. The van der Waals surface area contributed by atoms with Crippen molar-refractivity contribution in [3.8, 4) is 0 Å². The first kappa shape index (κ1) is 10.5. The van der Waals surface area contributed by atoms with Crippen molar-refractivity contribution in [2.75, 3.05) is 6.61 Å². The Morgan fingerprint density at radius 3 is 2.62 bits per heavy atom. The Kier molecular flexibility index (Phi) is 4.22. The van der Waals surface area contributed by atoms with Crippen molar-refractivity contribution in [1.82, 2.24) is 0 Å². The molecular weight excluding hydrogens is 168 g/mol. The highest BCUT2D eigenvalue weighted by atomic mass is 16.5. The van der Waals surface area contributed by atoms with Crippen LogP contribution in [0, 0.1) is 5.92 Å². The molecule has 13 heavy (non-hydrogen) atoms. The standard InChI is InChI=1S/C10H18O3/c1-8(11)10(12)13-7-9-5-3-2-4-6-9/h8-9,11H,2-7H2,1H3. The Balaban J connectivity index is 2.13. The molecule has 3 nitrogen and oxygen atoms in total. The van der Waals surface area contributed by atoms with Gasteiger partial charge >= 0.3 is 5.97 Å². The molecule has 0 bridgehead atoms. The lowest BCUT2D eigenvalue weighted by Gasteiger charge is -2.21. The van der Waals surface area contributed by atoms with E-state index in [1.54, 1.807) is 0 Å². The average Bonchev–Trinajstić information content (AvgIpc) is 2.15. The van der Waals surface area contributed by atoms with Gasteiger partial charge in [0.05, 0.1) is 6.61 Å². The van der Waals surface area contributed by atoms with Crippen molar-refractivity contribution in [3.05, 3.63) is 0 Å². The van der Waals surface area contributed by atoms with E-state index < -0.39 is 12.1 Å². The molecule has 1 rings (SSSR count). The summed E-state index contributed by atoms with van der Waals surface area (Å²) in [5, 5.41) is 8.88. The van der Waals surface area contributed by atoms with E-state index in [0.717, 1.165) is 12.8 Å². The van der Waals surface area contributed by atoms with E-state index in [4.69, 9.17) is 9.84 Å². The molecule has 1 aliphatic carbocycles. The van der Waals surface area contributed by atoms with Crippen LogP contribution in [0.25, 0.3) is 0 Å². The van der Waals surface area contributed by atoms with Gasteiger partial charge in [0, 0.05) is 0 Å². The third-order valence-electron chi connectivity index (χ3n) is 2.53. The normalized spacial score (nSPS) is 21.1. The third-order valence-corrected chi connectivity index (χ3v) is 2.53. The highest BCUT2D eigenvalue weighted by Gasteiger charge is 2.17. The summed E-state index contributed by atoms with van der Waals surface area (Å²) >= 11 is 0. The van der Waals surface area contributed by atoms with Gasteiger partial charge in [0.15, 0.2) is 0 Å². The monoisotopic (exact) mass is 186 g/mol. The molecule has 0 aromatic rings. The number of esters is 1. The molecule has 1 N–H and O–H groups in total. The molecule has 1 aliphatic rings. The highest BCUT2D eigenvalue weighted by molar-refractivity contribution is 5.73. The number of hydrogen-bond acceptors (Lipinski definition) is 3. The first-order valence-electron chi connectivity index (χ1n) is 5.05. The second kappa shape index (κ2) is 5.22. The minimum atomic E-state index is -0.983. The Labute approximate surface area is 79.1 Å². The molecule has 0 aromatic heterocycles. The van der Waals surface area contributed by atoms with Crippen LogP contribution in [0.5, 0.6) is 0 Å². The molecule has 3 heteroatoms. The largest absolute Gasteiger partial charge is 0.463 e. The van der Waals surface area contributed by atoms with E-state index in [9.17, 15) is 4.79 Å². The summed E-state index contributed by atoms with van der Waals surface area (Å²) in [4.78, 5) is 10.9. The maximum absolute atomic E-state index is 10.9. The Morgan fingerprint density at radius 1 is 1.46 bits per heavy atom. The van der Waals surface area contributed by atoms with Crippen molar-refractivity contribution in [2.45, 2.75) is 45.1 Å². The van der Waals surface area contributed by atoms with E-state index in [1.807, 2.05) is 0 Å². The van der Waals surface area contributed by atoms with E-state index in [1.165, 1.54) is 26.2 Å². The topological polar surface area (TPSA) is 46.5 Å². The summed E-state index contributed by atoms with van der Waals surface area (Å²) < 4.78 is 4.95. The molecule has 1 unspecified atom stereocenters. The number of carbonyl (C=O) groups is 1. The quantitative estimate of drug-likeness (QED) is 0.679. The molecule has 76 valence electrons. The molecule has 1 atom stereocenters. The third kappa shape index (κ3) is 3.77. The van der Waals surface area contributed by atoms with E-state index in [2.05, 4.69) is 0 Å². The van der Waals surface area contributed by atoms with Gasteiger partial charge < -0.3 is 9.84 Å². The van der Waals surface area contributed by atoms with Crippen LogP contribution in [-0.4, -0.2) is 23.8 Å². The second-order valence-electron chi connectivity index (χ2n) is 3.81. The van der Waals surface area contributed by atoms with E-state index >= 15 is 0 Å². The molecule has 0 spiro atoms. The summed E-state index contributed by atoms with van der Waals surface area (Å²) in [5.41, 5.74) is 0. The molecule has 0 aliphatic heterocycles. The predicted molar refractivity (Wildman–Crippen MR) is 49.2 cm³/mol. The zero-order valence-corrected chi connectivity index (χ0v) is 8.16. The van der Waals surface area contributed by atoms with Crippen molar-refractivity contribution in [1.29, 1.82) is 0 Å². The van der Waals surface area contributed by atoms with Gasteiger partial charge in [-0.25, -0.2) is 4.79 Å². The van der Waals surface area contributed by atoms with Crippen molar-refractivity contribution < 1.29 is 14.6 Å². The number of aliphatic hydroxyl groups is 1. The van der Waals surface area contributed by atoms with Crippen molar-refractivity contribution in [3.63, 3.8) is 0 Å². The van der Waals surface area contributed by atoms with Crippen molar-refractivity contribution in [2.24, 2.45) is 5.92 Å². The van der Waals surface area contributed by atoms with Gasteiger partial charge in [0.25, 0.3) is 0 Å². The summed E-state index contributed by atoms with van der Waals surface area (Å²) in [6, 6.07) is 0. The van der Waals surface area contributed by atoms with Crippen molar-refractivity contribution >= 4 is 5.97 Å². The first-order chi connectivity index (χ1) is 6.20. The Hall–Kier alpha value is -0.570. The zero-order chi connectivity index (χ0) is 9.68. The maximum Gasteiger partial charge on any atom is 0.334 e. The van der Waals surface area contributed by atoms with E-state index in [-0.39, 0.29) is 0 Å². The van der Waals surface area contributed by atoms with E-state index in [0.29, 0.717) is 12.5 Å².